The van der Waals surface area contributed by atoms with E-state index in [1.54, 1.807) is 4.68 Å². The summed E-state index contributed by atoms with van der Waals surface area (Å²) in [6, 6.07) is 0. The molecule has 0 aliphatic heterocycles. The van der Waals surface area contributed by atoms with Crippen molar-refractivity contribution in [1.29, 1.82) is 0 Å². The van der Waals surface area contributed by atoms with Crippen LogP contribution in [-0.2, 0) is 12.9 Å². The van der Waals surface area contributed by atoms with Gasteiger partial charge >= 0.3 is 7.12 Å². The van der Waals surface area contributed by atoms with Gasteiger partial charge < -0.3 is 10.0 Å². The fourth-order valence-corrected chi connectivity index (χ4v) is 1.68. The number of nitrogens with zero attached hydrogens (tertiary/aromatic N) is 2. The van der Waals surface area contributed by atoms with Crippen molar-refractivity contribution in [3.63, 3.8) is 0 Å². The van der Waals surface area contributed by atoms with Crippen LogP contribution in [0.1, 0.15) is 18.3 Å². The second-order valence-corrected chi connectivity index (χ2v) is 3.64. The van der Waals surface area contributed by atoms with E-state index in [1.807, 2.05) is 13.8 Å². The van der Waals surface area contributed by atoms with Gasteiger partial charge in [0.05, 0.1) is 15.9 Å². The van der Waals surface area contributed by atoms with E-state index >= 15 is 0 Å². The fourth-order valence-electron chi connectivity index (χ4n) is 1.24. The number of aryl methyl sites for hydroxylation is 2. The predicted octanol–water partition coefficient (Wildman–Crippen LogP) is 0.528. The minimum Gasteiger partial charge on any atom is -0.427 e. The summed E-state index contributed by atoms with van der Waals surface area (Å²) in [5.41, 5.74) is 1.70. The molecule has 6 heteroatoms. The molecule has 0 aliphatic rings. The quantitative estimate of drug-likeness (QED) is 0.766. The summed E-state index contributed by atoms with van der Waals surface area (Å²) < 4.78 is 2.63. The van der Waals surface area contributed by atoms with Gasteiger partial charge in [0.15, 0.2) is 0 Å². The summed E-state index contributed by atoms with van der Waals surface area (Å²) in [4.78, 5) is 0. The number of hydrogen-bond acceptors (Lipinski definition) is 3. The Bertz CT molecular complexity index is 301. The zero-order valence-corrected chi connectivity index (χ0v) is 9.24. The SMILES string of the molecule is CCn1nc(C)c(Br)c1CB(O)O. The summed E-state index contributed by atoms with van der Waals surface area (Å²) in [5, 5.41) is 21.9. The Morgan fingerprint density at radius 3 is 2.62 bits per heavy atom. The molecule has 0 atom stereocenters. The van der Waals surface area contributed by atoms with Crippen LogP contribution in [0.2, 0.25) is 0 Å². The van der Waals surface area contributed by atoms with E-state index < -0.39 is 7.12 Å². The van der Waals surface area contributed by atoms with Gasteiger partial charge in [0.25, 0.3) is 0 Å². The molecule has 13 heavy (non-hydrogen) atoms. The van der Waals surface area contributed by atoms with Crippen molar-refractivity contribution >= 4 is 23.0 Å². The van der Waals surface area contributed by atoms with Crippen molar-refractivity contribution in [3.05, 3.63) is 15.9 Å². The van der Waals surface area contributed by atoms with E-state index in [2.05, 4.69) is 21.0 Å². The Morgan fingerprint density at radius 2 is 2.15 bits per heavy atom. The van der Waals surface area contributed by atoms with Crippen LogP contribution in [0.5, 0.6) is 0 Å². The molecule has 0 aliphatic carbocycles. The molecule has 0 spiro atoms. The Balaban J connectivity index is 3.01. The smallest absolute Gasteiger partial charge is 0.427 e. The van der Waals surface area contributed by atoms with E-state index in [1.165, 1.54) is 0 Å². The molecule has 1 heterocycles. The third-order valence-corrected chi connectivity index (χ3v) is 2.86. The zero-order valence-electron chi connectivity index (χ0n) is 7.66. The molecule has 0 radical (unpaired) electrons. The Morgan fingerprint density at radius 1 is 1.54 bits per heavy atom. The zero-order chi connectivity index (χ0) is 10.0. The Labute approximate surface area is 85.8 Å². The van der Waals surface area contributed by atoms with Crippen LogP contribution in [0.15, 0.2) is 4.47 Å². The molecular formula is C7H12BBrN2O2. The first kappa shape index (κ1) is 10.8. The van der Waals surface area contributed by atoms with Gasteiger partial charge in [-0.25, -0.2) is 0 Å². The highest BCUT2D eigenvalue weighted by Crippen LogP contribution is 2.21. The second kappa shape index (κ2) is 4.26. The molecule has 2 N–H and O–H groups in total. The minimum absolute atomic E-state index is 0.204. The average Bonchev–Trinajstić information content (AvgIpc) is 2.31. The lowest BCUT2D eigenvalue weighted by atomic mass is 9.84. The van der Waals surface area contributed by atoms with Crippen LogP contribution < -0.4 is 0 Å². The molecule has 72 valence electrons. The Hall–Kier alpha value is -0.325. The summed E-state index contributed by atoms with van der Waals surface area (Å²) in [7, 11) is -1.32. The summed E-state index contributed by atoms with van der Waals surface area (Å²) in [6.45, 7) is 4.57. The molecular weight excluding hydrogens is 235 g/mol. The van der Waals surface area contributed by atoms with Crippen LogP contribution in [0.4, 0.5) is 0 Å². The van der Waals surface area contributed by atoms with Crippen molar-refractivity contribution in [2.24, 2.45) is 0 Å². The first-order valence-electron chi connectivity index (χ1n) is 4.14. The average molecular weight is 247 g/mol. The molecule has 1 rings (SSSR count). The summed E-state index contributed by atoms with van der Waals surface area (Å²) in [5.74, 6) is 0. The molecule has 1 aromatic rings. The Kier molecular flexibility index (Phi) is 3.52. The molecule has 0 saturated heterocycles. The van der Waals surface area contributed by atoms with E-state index in [0.717, 1.165) is 22.4 Å². The highest BCUT2D eigenvalue weighted by atomic mass is 79.9. The topological polar surface area (TPSA) is 58.3 Å². The number of rotatable bonds is 3. The fraction of sp³-hybridized carbons (Fsp3) is 0.571. The lowest BCUT2D eigenvalue weighted by Crippen LogP contribution is -2.18. The second-order valence-electron chi connectivity index (χ2n) is 2.85. The van der Waals surface area contributed by atoms with Gasteiger partial charge in [0, 0.05) is 12.9 Å². The molecule has 0 saturated carbocycles. The molecule has 0 amide bonds. The van der Waals surface area contributed by atoms with Crippen molar-refractivity contribution in [2.75, 3.05) is 0 Å². The van der Waals surface area contributed by atoms with Crippen LogP contribution in [0.25, 0.3) is 0 Å². The van der Waals surface area contributed by atoms with Gasteiger partial charge in [-0.2, -0.15) is 5.10 Å². The third-order valence-electron chi connectivity index (χ3n) is 1.83. The molecule has 1 aromatic heterocycles. The van der Waals surface area contributed by atoms with Gasteiger partial charge in [-0.15, -0.1) is 0 Å². The van der Waals surface area contributed by atoms with Crippen molar-refractivity contribution < 1.29 is 10.0 Å². The highest BCUT2D eigenvalue weighted by Gasteiger charge is 2.17. The van der Waals surface area contributed by atoms with Gasteiger partial charge in [0.1, 0.15) is 0 Å². The van der Waals surface area contributed by atoms with Gasteiger partial charge in [-0.3, -0.25) is 4.68 Å². The van der Waals surface area contributed by atoms with Crippen LogP contribution in [-0.4, -0.2) is 26.9 Å². The molecule has 0 aromatic carbocycles. The number of hydrogen-bond donors (Lipinski definition) is 2. The van der Waals surface area contributed by atoms with E-state index in [-0.39, 0.29) is 6.32 Å². The van der Waals surface area contributed by atoms with E-state index in [4.69, 9.17) is 10.0 Å². The first-order chi connectivity index (χ1) is 6.06. The maximum Gasteiger partial charge on any atom is 0.457 e. The first-order valence-corrected chi connectivity index (χ1v) is 4.93. The standard InChI is InChI=1S/C7H12BBrN2O2/c1-3-11-6(4-8(12)13)7(9)5(2)10-11/h12-13H,3-4H2,1-2H3. The van der Waals surface area contributed by atoms with Gasteiger partial charge in [-0.1, -0.05) is 0 Å². The maximum absolute atomic E-state index is 8.85. The molecule has 0 fully saturated rings. The minimum atomic E-state index is -1.32. The van der Waals surface area contributed by atoms with Crippen LogP contribution in [0.3, 0.4) is 0 Å². The lowest BCUT2D eigenvalue weighted by Gasteiger charge is -2.03. The van der Waals surface area contributed by atoms with Crippen LogP contribution >= 0.6 is 15.9 Å². The summed E-state index contributed by atoms with van der Waals surface area (Å²) in [6.07, 6.45) is 0.204. The van der Waals surface area contributed by atoms with Gasteiger partial charge in [-0.05, 0) is 29.8 Å². The maximum atomic E-state index is 8.85. The number of halogens is 1. The molecule has 4 nitrogen and oxygen atoms in total. The predicted molar refractivity (Wildman–Crippen MR) is 54.2 cm³/mol. The molecule has 0 unspecified atom stereocenters. The van der Waals surface area contributed by atoms with Crippen LogP contribution in [0, 0.1) is 6.92 Å². The number of aromatic nitrogens is 2. The van der Waals surface area contributed by atoms with E-state index in [0.29, 0.717) is 0 Å². The largest absolute Gasteiger partial charge is 0.457 e. The van der Waals surface area contributed by atoms with E-state index in [9.17, 15) is 0 Å². The van der Waals surface area contributed by atoms with Crippen molar-refractivity contribution in [2.45, 2.75) is 26.7 Å². The van der Waals surface area contributed by atoms with Crippen molar-refractivity contribution in [3.8, 4) is 0 Å². The van der Waals surface area contributed by atoms with Gasteiger partial charge in [0.2, 0.25) is 0 Å². The lowest BCUT2D eigenvalue weighted by molar-refractivity contribution is 0.402. The highest BCUT2D eigenvalue weighted by molar-refractivity contribution is 9.10. The summed E-state index contributed by atoms with van der Waals surface area (Å²) >= 11 is 3.36. The third kappa shape index (κ3) is 2.33. The normalized spacial score (nSPS) is 10.5. The molecule has 0 bridgehead atoms. The monoisotopic (exact) mass is 246 g/mol. The van der Waals surface area contributed by atoms with Crippen molar-refractivity contribution in [1.82, 2.24) is 9.78 Å².